The molecular weight excluding hydrogens is 152 g/mol. The Morgan fingerprint density at radius 3 is 2.00 bits per heavy atom. The van der Waals surface area contributed by atoms with Gasteiger partial charge in [0.25, 0.3) is 0 Å². The Morgan fingerprint density at radius 1 is 1.44 bits per heavy atom. The average molecular weight is 164 g/mol. The number of hydrogen-bond acceptors (Lipinski definition) is 3. The zero-order valence-corrected chi connectivity index (χ0v) is 8.04. The number of hydrogen-bond donors (Lipinski definition) is 0. The quantitative estimate of drug-likeness (QED) is 0.556. The fourth-order valence-electron chi connectivity index (χ4n) is 0.292. The zero-order valence-electron chi connectivity index (χ0n) is 6.22. The first-order chi connectivity index (χ1) is 3.95. The molecule has 0 aliphatic carbocycles. The van der Waals surface area contributed by atoms with E-state index in [1.807, 2.05) is 19.6 Å². The van der Waals surface area contributed by atoms with Crippen molar-refractivity contribution in [1.82, 2.24) is 0 Å². The molecule has 0 amide bonds. The van der Waals surface area contributed by atoms with Crippen molar-refractivity contribution in [1.29, 1.82) is 0 Å². The van der Waals surface area contributed by atoms with Crippen LogP contribution in [0.1, 0.15) is 0 Å². The van der Waals surface area contributed by atoms with Gasteiger partial charge in [-0.15, -0.1) is 0 Å². The van der Waals surface area contributed by atoms with Crippen LogP contribution in [0.3, 0.4) is 0 Å². The summed E-state index contributed by atoms with van der Waals surface area (Å²) in [6, 6.07) is 0. The van der Waals surface area contributed by atoms with Gasteiger partial charge in [-0.25, -0.2) is 4.79 Å². The van der Waals surface area contributed by atoms with Gasteiger partial charge >= 0.3 is 5.30 Å². The molecule has 0 atom stereocenters. The number of carbonyl (C=O) groups excluding carboxylic acids is 1. The summed E-state index contributed by atoms with van der Waals surface area (Å²) in [4.78, 5) is 10.6. The maximum absolute atomic E-state index is 10.6. The molecule has 0 heterocycles. The Hall–Kier alpha value is 0.0369. The normalized spacial score (nSPS) is 11.1. The summed E-state index contributed by atoms with van der Waals surface area (Å²) in [6.45, 7) is 5.96. The number of rotatable bonds is 1. The second-order valence-corrected chi connectivity index (χ2v) is 7.84. The van der Waals surface area contributed by atoms with Crippen molar-refractivity contribution in [2.75, 3.05) is 6.26 Å². The van der Waals surface area contributed by atoms with Crippen molar-refractivity contribution in [3.8, 4) is 0 Å². The minimum atomic E-state index is -1.61. The highest BCUT2D eigenvalue weighted by Gasteiger charge is 2.18. The van der Waals surface area contributed by atoms with E-state index < -0.39 is 8.32 Å². The SMILES string of the molecule is CSC(=O)O[Si](C)(C)C. The minimum Gasteiger partial charge on any atom is -0.512 e. The van der Waals surface area contributed by atoms with Gasteiger partial charge in [-0.2, -0.15) is 0 Å². The molecule has 0 saturated carbocycles. The molecular formula is C5H12O2SSi. The maximum Gasteiger partial charge on any atom is 0.353 e. The van der Waals surface area contributed by atoms with Gasteiger partial charge in [0.05, 0.1) is 0 Å². The lowest BCUT2D eigenvalue weighted by Crippen LogP contribution is -2.26. The lowest BCUT2D eigenvalue weighted by atomic mass is 11.6. The highest BCUT2D eigenvalue weighted by atomic mass is 32.2. The molecule has 0 saturated heterocycles. The van der Waals surface area contributed by atoms with Crippen molar-refractivity contribution in [2.24, 2.45) is 0 Å². The molecule has 54 valence electrons. The van der Waals surface area contributed by atoms with Crippen LogP contribution in [0, 0.1) is 0 Å². The average Bonchev–Trinajstić information content (AvgIpc) is 1.62. The van der Waals surface area contributed by atoms with E-state index in [1.165, 1.54) is 0 Å². The predicted molar refractivity (Wildman–Crippen MR) is 43.3 cm³/mol. The third-order valence-corrected chi connectivity index (χ3v) is 1.92. The molecule has 0 N–H and O–H groups in total. The number of thioether (sulfide) groups is 1. The summed E-state index contributed by atoms with van der Waals surface area (Å²) >= 11 is 1.13. The van der Waals surface area contributed by atoms with Gasteiger partial charge in [-0.05, 0) is 37.7 Å². The Bertz CT molecular complexity index is 108. The van der Waals surface area contributed by atoms with Gasteiger partial charge in [-0.1, -0.05) is 0 Å². The highest BCUT2D eigenvalue weighted by Crippen LogP contribution is 2.08. The summed E-state index contributed by atoms with van der Waals surface area (Å²) in [5.74, 6) is 0. The molecule has 0 rings (SSSR count). The summed E-state index contributed by atoms with van der Waals surface area (Å²) in [6.07, 6.45) is 1.72. The van der Waals surface area contributed by atoms with Crippen molar-refractivity contribution in [3.63, 3.8) is 0 Å². The monoisotopic (exact) mass is 164 g/mol. The van der Waals surface area contributed by atoms with Crippen LogP contribution in [0.25, 0.3) is 0 Å². The third kappa shape index (κ3) is 5.91. The summed E-state index contributed by atoms with van der Waals surface area (Å²) < 4.78 is 5.05. The van der Waals surface area contributed by atoms with Crippen LogP contribution in [0.15, 0.2) is 0 Å². The third-order valence-electron chi connectivity index (χ3n) is 0.556. The van der Waals surface area contributed by atoms with Crippen molar-refractivity contribution in [2.45, 2.75) is 19.6 Å². The molecule has 0 aromatic heterocycles. The van der Waals surface area contributed by atoms with Crippen LogP contribution in [0.4, 0.5) is 4.79 Å². The molecule has 4 heteroatoms. The van der Waals surface area contributed by atoms with Crippen molar-refractivity contribution < 1.29 is 9.22 Å². The van der Waals surface area contributed by atoms with Crippen LogP contribution in [0.5, 0.6) is 0 Å². The number of carbonyl (C=O) groups is 1. The van der Waals surface area contributed by atoms with Gasteiger partial charge in [0.15, 0.2) is 0 Å². The molecule has 0 aliphatic rings. The van der Waals surface area contributed by atoms with E-state index in [0.29, 0.717) is 0 Å². The molecule has 2 nitrogen and oxygen atoms in total. The van der Waals surface area contributed by atoms with E-state index in [0.717, 1.165) is 11.8 Å². The molecule has 0 radical (unpaired) electrons. The van der Waals surface area contributed by atoms with Gasteiger partial charge in [-0.3, -0.25) is 0 Å². The second kappa shape index (κ2) is 3.27. The summed E-state index contributed by atoms with van der Waals surface area (Å²) in [7, 11) is -1.61. The minimum absolute atomic E-state index is 0.158. The van der Waals surface area contributed by atoms with E-state index in [4.69, 9.17) is 4.43 Å². The largest absolute Gasteiger partial charge is 0.512 e. The maximum atomic E-state index is 10.6. The second-order valence-electron chi connectivity index (χ2n) is 2.67. The van der Waals surface area contributed by atoms with Gasteiger partial charge in [0, 0.05) is 0 Å². The van der Waals surface area contributed by atoms with Crippen molar-refractivity contribution >= 4 is 25.4 Å². The first kappa shape index (κ1) is 9.04. The highest BCUT2D eigenvalue weighted by molar-refractivity contribution is 8.12. The first-order valence-corrected chi connectivity index (χ1v) is 7.36. The van der Waals surface area contributed by atoms with E-state index in [-0.39, 0.29) is 5.30 Å². The van der Waals surface area contributed by atoms with E-state index >= 15 is 0 Å². The van der Waals surface area contributed by atoms with Crippen molar-refractivity contribution in [3.05, 3.63) is 0 Å². The fraction of sp³-hybridized carbons (Fsp3) is 0.800. The topological polar surface area (TPSA) is 26.3 Å². The molecule has 0 unspecified atom stereocenters. The Morgan fingerprint density at radius 2 is 1.89 bits per heavy atom. The van der Waals surface area contributed by atoms with Gasteiger partial charge in [0.1, 0.15) is 0 Å². The van der Waals surface area contributed by atoms with Gasteiger partial charge in [0.2, 0.25) is 8.32 Å². The Labute approximate surface area is 61.1 Å². The Kier molecular flexibility index (Phi) is 3.28. The summed E-state index contributed by atoms with van der Waals surface area (Å²) in [5, 5.41) is -0.158. The Balaban J connectivity index is 3.60. The lowest BCUT2D eigenvalue weighted by molar-refractivity contribution is 0.226. The lowest BCUT2D eigenvalue weighted by Gasteiger charge is -2.15. The molecule has 0 bridgehead atoms. The summed E-state index contributed by atoms with van der Waals surface area (Å²) in [5.41, 5.74) is 0. The standard InChI is InChI=1S/C5H12O2SSi/c1-8-5(6)7-9(2,3)4/h1-4H3. The van der Waals surface area contributed by atoms with Gasteiger partial charge < -0.3 is 4.43 Å². The van der Waals surface area contributed by atoms with Crippen LogP contribution < -0.4 is 0 Å². The smallest absolute Gasteiger partial charge is 0.353 e. The molecule has 0 fully saturated rings. The molecule has 0 aliphatic heterocycles. The van der Waals surface area contributed by atoms with Crippen LogP contribution in [0.2, 0.25) is 19.6 Å². The first-order valence-electron chi connectivity index (χ1n) is 2.72. The molecule has 0 aromatic rings. The van der Waals surface area contributed by atoms with Crippen LogP contribution in [-0.2, 0) is 4.43 Å². The molecule has 9 heavy (non-hydrogen) atoms. The molecule has 0 spiro atoms. The molecule has 0 aromatic carbocycles. The van der Waals surface area contributed by atoms with Crippen LogP contribution >= 0.6 is 11.8 Å². The predicted octanol–water partition coefficient (Wildman–Crippen LogP) is 2.32. The fourth-order valence-corrected chi connectivity index (χ4v) is 1.88. The van der Waals surface area contributed by atoms with E-state index in [2.05, 4.69) is 0 Å². The van der Waals surface area contributed by atoms with Crippen LogP contribution in [-0.4, -0.2) is 19.9 Å². The van der Waals surface area contributed by atoms with E-state index in [9.17, 15) is 4.79 Å². The van der Waals surface area contributed by atoms with E-state index in [1.54, 1.807) is 6.26 Å². The zero-order chi connectivity index (χ0) is 7.49.